The Morgan fingerprint density at radius 2 is 1.85 bits per heavy atom. The fourth-order valence-corrected chi connectivity index (χ4v) is 4.24. The Labute approximate surface area is 159 Å². The summed E-state index contributed by atoms with van der Waals surface area (Å²) in [6, 6.07) is 11.6. The van der Waals surface area contributed by atoms with E-state index in [-0.39, 0.29) is 10.8 Å². The highest BCUT2D eigenvalue weighted by molar-refractivity contribution is 7.89. The van der Waals surface area contributed by atoms with Gasteiger partial charge in [0.15, 0.2) is 0 Å². The van der Waals surface area contributed by atoms with Gasteiger partial charge in [0.25, 0.3) is 0 Å². The summed E-state index contributed by atoms with van der Waals surface area (Å²) in [5.41, 5.74) is 0. The first-order valence-electron chi connectivity index (χ1n) is 9.05. The zero-order valence-corrected chi connectivity index (χ0v) is 16.2. The van der Waals surface area contributed by atoms with Gasteiger partial charge >= 0.3 is 0 Å². The molecule has 0 bridgehead atoms. The van der Waals surface area contributed by atoms with Crippen molar-refractivity contribution in [2.24, 2.45) is 0 Å². The van der Waals surface area contributed by atoms with E-state index < -0.39 is 16.1 Å². The summed E-state index contributed by atoms with van der Waals surface area (Å²) >= 11 is 0. The molecule has 1 amide bonds. The van der Waals surface area contributed by atoms with E-state index in [2.05, 4.69) is 14.9 Å². The molecule has 1 fully saturated rings. The van der Waals surface area contributed by atoms with Crippen molar-refractivity contribution < 1.29 is 17.9 Å². The second kappa shape index (κ2) is 8.79. The molecule has 1 atom stereocenters. The van der Waals surface area contributed by atoms with Gasteiger partial charge in [-0.05, 0) is 29.8 Å². The second-order valence-electron chi connectivity index (χ2n) is 6.60. The highest BCUT2D eigenvalue weighted by Crippen LogP contribution is 2.19. The lowest BCUT2D eigenvalue weighted by Crippen LogP contribution is -2.47. The van der Waals surface area contributed by atoms with E-state index in [4.69, 9.17) is 4.74 Å². The number of carbonyl (C=O) groups excluding carboxylic acids is 1. The molecule has 2 N–H and O–H groups in total. The molecule has 146 valence electrons. The number of amides is 1. The number of benzene rings is 2. The van der Waals surface area contributed by atoms with E-state index in [1.54, 1.807) is 25.1 Å². The van der Waals surface area contributed by atoms with Crippen LogP contribution in [0.3, 0.4) is 0 Å². The van der Waals surface area contributed by atoms with Gasteiger partial charge in [-0.15, -0.1) is 0 Å². The zero-order valence-electron chi connectivity index (χ0n) is 15.3. The molecule has 3 rings (SSSR count). The largest absolute Gasteiger partial charge is 0.379 e. The summed E-state index contributed by atoms with van der Waals surface area (Å²) in [5.74, 6) is -0.340. The zero-order chi connectivity index (χ0) is 19.3. The first-order chi connectivity index (χ1) is 13.0. The monoisotopic (exact) mass is 391 g/mol. The van der Waals surface area contributed by atoms with Crippen LogP contribution in [-0.2, 0) is 19.6 Å². The van der Waals surface area contributed by atoms with Crippen LogP contribution in [0, 0.1) is 0 Å². The molecule has 1 saturated heterocycles. The number of nitrogens with one attached hydrogen (secondary N) is 2. The van der Waals surface area contributed by atoms with Crippen LogP contribution in [0.15, 0.2) is 47.4 Å². The number of hydrogen-bond donors (Lipinski definition) is 2. The predicted molar refractivity (Wildman–Crippen MR) is 104 cm³/mol. The van der Waals surface area contributed by atoms with Crippen LogP contribution in [0.1, 0.15) is 6.92 Å². The molecule has 2 aromatic rings. The average Bonchev–Trinajstić information content (AvgIpc) is 2.68. The lowest BCUT2D eigenvalue weighted by atomic mass is 10.1. The van der Waals surface area contributed by atoms with Gasteiger partial charge in [0.05, 0.1) is 24.2 Å². The Hall–Kier alpha value is -2.00. The van der Waals surface area contributed by atoms with Crippen molar-refractivity contribution in [1.29, 1.82) is 0 Å². The number of rotatable bonds is 7. The summed E-state index contributed by atoms with van der Waals surface area (Å²) in [6.07, 6.45) is 0. The third kappa shape index (κ3) is 5.26. The molecule has 0 aromatic heterocycles. The van der Waals surface area contributed by atoms with Crippen LogP contribution >= 0.6 is 0 Å². The van der Waals surface area contributed by atoms with Crippen molar-refractivity contribution >= 4 is 26.7 Å². The van der Waals surface area contributed by atoms with Gasteiger partial charge in [0.1, 0.15) is 0 Å². The van der Waals surface area contributed by atoms with Crippen molar-refractivity contribution in [3.8, 4) is 0 Å². The summed E-state index contributed by atoms with van der Waals surface area (Å²) in [4.78, 5) is 14.6. The maximum Gasteiger partial charge on any atom is 0.241 e. The van der Waals surface area contributed by atoms with Gasteiger partial charge in [-0.1, -0.05) is 30.3 Å². The minimum absolute atomic E-state index is 0.147. The third-order valence-corrected chi connectivity index (χ3v) is 6.13. The number of nitrogens with zero attached hydrogens (tertiary/aromatic N) is 1. The van der Waals surface area contributed by atoms with E-state index in [1.165, 1.54) is 0 Å². The standard InChI is InChI=1S/C19H25N3O4S/c1-15(19(23)20-8-9-22-10-12-26-13-11-22)21-27(24,25)18-7-6-16-4-2-3-5-17(16)14-18/h2-7,14-15,21H,8-13H2,1H3,(H,20,23)/t15-/m1/s1. The summed E-state index contributed by atoms with van der Waals surface area (Å²) in [5, 5.41) is 4.58. The SMILES string of the molecule is C[C@@H](NS(=O)(=O)c1ccc2ccccc2c1)C(=O)NCCN1CCOCC1. The lowest BCUT2D eigenvalue weighted by Gasteiger charge is -2.26. The fraction of sp³-hybridized carbons (Fsp3) is 0.421. The molecule has 0 radical (unpaired) electrons. The van der Waals surface area contributed by atoms with Crippen molar-refractivity contribution in [3.05, 3.63) is 42.5 Å². The van der Waals surface area contributed by atoms with Crippen LogP contribution < -0.4 is 10.0 Å². The maximum atomic E-state index is 12.6. The molecule has 0 aliphatic carbocycles. The Kier molecular flexibility index (Phi) is 6.43. The van der Waals surface area contributed by atoms with E-state index in [0.29, 0.717) is 19.8 Å². The Morgan fingerprint density at radius 3 is 2.59 bits per heavy atom. The molecule has 1 aliphatic heterocycles. The number of sulfonamides is 1. The van der Waals surface area contributed by atoms with Gasteiger partial charge in [-0.25, -0.2) is 8.42 Å². The molecule has 0 spiro atoms. The van der Waals surface area contributed by atoms with Gasteiger partial charge in [-0.2, -0.15) is 4.72 Å². The second-order valence-corrected chi connectivity index (χ2v) is 8.31. The smallest absolute Gasteiger partial charge is 0.241 e. The van der Waals surface area contributed by atoms with Crippen LogP contribution in [0.25, 0.3) is 10.8 Å². The summed E-state index contributed by atoms with van der Waals surface area (Å²) in [7, 11) is -3.78. The van der Waals surface area contributed by atoms with Crippen LogP contribution in [0.2, 0.25) is 0 Å². The highest BCUT2D eigenvalue weighted by Gasteiger charge is 2.22. The molecule has 7 nitrogen and oxygen atoms in total. The summed E-state index contributed by atoms with van der Waals surface area (Å²) < 4.78 is 32.9. The van der Waals surface area contributed by atoms with Gasteiger partial charge in [0.2, 0.25) is 15.9 Å². The topological polar surface area (TPSA) is 87.7 Å². The Bertz CT molecular complexity index is 895. The maximum absolute atomic E-state index is 12.6. The lowest BCUT2D eigenvalue weighted by molar-refractivity contribution is -0.122. The van der Waals surface area contributed by atoms with Gasteiger partial charge < -0.3 is 10.1 Å². The number of carbonyl (C=O) groups is 1. The van der Waals surface area contributed by atoms with Crippen LogP contribution in [0.5, 0.6) is 0 Å². The number of fused-ring (bicyclic) bond motifs is 1. The van der Waals surface area contributed by atoms with Crippen molar-refractivity contribution in [1.82, 2.24) is 14.9 Å². The molecule has 8 heteroatoms. The molecular weight excluding hydrogens is 366 g/mol. The summed E-state index contributed by atoms with van der Waals surface area (Å²) in [6.45, 7) is 5.84. The minimum Gasteiger partial charge on any atom is -0.379 e. The first-order valence-corrected chi connectivity index (χ1v) is 10.5. The van der Waals surface area contributed by atoms with Crippen LogP contribution in [0.4, 0.5) is 0 Å². The first kappa shape index (κ1) is 19.8. The Morgan fingerprint density at radius 1 is 1.15 bits per heavy atom. The third-order valence-electron chi connectivity index (χ3n) is 4.59. The van der Waals surface area contributed by atoms with E-state index in [9.17, 15) is 13.2 Å². The van der Waals surface area contributed by atoms with Crippen molar-refractivity contribution in [3.63, 3.8) is 0 Å². The number of hydrogen-bond acceptors (Lipinski definition) is 5. The van der Waals surface area contributed by atoms with E-state index in [1.807, 2.05) is 24.3 Å². The van der Waals surface area contributed by atoms with Crippen molar-refractivity contribution in [2.45, 2.75) is 17.9 Å². The molecule has 0 saturated carbocycles. The van der Waals surface area contributed by atoms with E-state index >= 15 is 0 Å². The fourth-order valence-electron chi connectivity index (χ4n) is 3.00. The average molecular weight is 391 g/mol. The minimum atomic E-state index is -3.78. The quantitative estimate of drug-likeness (QED) is 0.734. The molecule has 2 aromatic carbocycles. The molecular formula is C19H25N3O4S. The molecule has 1 aliphatic rings. The molecule has 0 unspecified atom stereocenters. The van der Waals surface area contributed by atoms with Gasteiger partial charge in [-0.3, -0.25) is 9.69 Å². The van der Waals surface area contributed by atoms with E-state index in [0.717, 1.165) is 30.4 Å². The number of ether oxygens (including phenoxy) is 1. The van der Waals surface area contributed by atoms with Crippen LogP contribution in [-0.4, -0.2) is 64.7 Å². The number of morpholine rings is 1. The normalized spacial score (nSPS) is 16.9. The van der Waals surface area contributed by atoms with Gasteiger partial charge in [0, 0.05) is 26.2 Å². The highest BCUT2D eigenvalue weighted by atomic mass is 32.2. The molecule has 27 heavy (non-hydrogen) atoms. The predicted octanol–water partition coefficient (Wildman–Crippen LogP) is 0.955. The van der Waals surface area contributed by atoms with Crippen molar-refractivity contribution in [2.75, 3.05) is 39.4 Å². The molecule has 1 heterocycles. The Balaban J connectivity index is 1.55.